The maximum absolute atomic E-state index is 13.3. The highest BCUT2D eigenvalue weighted by Gasteiger charge is 2.32. The van der Waals surface area contributed by atoms with E-state index in [1.54, 1.807) is 45.5 Å². The number of aliphatic hydroxyl groups excluding tert-OH is 1. The highest BCUT2D eigenvalue weighted by atomic mass is 35.5. The summed E-state index contributed by atoms with van der Waals surface area (Å²) in [6, 6.07) is 1.92. The standard InChI is InChI=1S/C25H23ClN8O3/c1-32-22-21(26)20(37-19-11-29-34-5-4-27-9-18(19)34)10-28-23(22)31-25(32)30-17-6-14(13-2-3-13)12-33(24(17)36)15-7-16(35)8-15/h4-6,9-13,15-16,35H,2-3,7-8H2,1H3,(H,28,30,31)/t15-,16-. The van der Waals surface area contributed by atoms with Gasteiger partial charge in [0, 0.05) is 31.7 Å². The summed E-state index contributed by atoms with van der Waals surface area (Å²) in [5.41, 5.74) is 3.10. The Bertz CT molecular complexity index is 1730. The third kappa shape index (κ3) is 3.73. The van der Waals surface area contributed by atoms with E-state index in [1.165, 1.54) is 6.20 Å². The molecule has 0 saturated heterocycles. The number of anilines is 2. The Hall–Kier alpha value is -3.96. The molecule has 5 aromatic rings. The summed E-state index contributed by atoms with van der Waals surface area (Å²) in [5, 5.41) is 17.6. The van der Waals surface area contributed by atoms with Crippen molar-refractivity contribution in [1.82, 2.24) is 33.7 Å². The fourth-order valence-electron chi connectivity index (χ4n) is 4.84. The van der Waals surface area contributed by atoms with Gasteiger partial charge in [-0.05, 0) is 43.2 Å². The maximum atomic E-state index is 13.3. The van der Waals surface area contributed by atoms with Crippen LogP contribution >= 0.6 is 11.6 Å². The molecule has 0 radical (unpaired) electrons. The SMILES string of the molecule is Cn1c(Nc2cc(C3CC3)cn([C@H]3C[C@H](O)C3)c2=O)nc2ncc(Oc3cnn4ccncc34)c(Cl)c21. The van der Waals surface area contributed by atoms with Crippen molar-refractivity contribution in [1.29, 1.82) is 0 Å². The van der Waals surface area contributed by atoms with Crippen LogP contribution < -0.4 is 15.6 Å². The normalized spacial score (nSPS) is 19.3. The molecule has 0 unspecified atom stereocenters. The Balaban J connectivity index is 1.25. The van der Waals surface area contributed by atoms with Gasteiger partial charge in [-0.3, -0.25) is 9.78 Å². The van der Waals surface area contributed by atoms with Gasteiger partial charge < -0.3 is 24.3 Å². The number of fused-ring (bicyclic) bond motifs is 2. The second-order valence-electron chi connectivity index (χ2n) is 9.70. The first-order valence-electron chi connectivity index (χ1n) is 12.1. The molecule has 0 spiro atoms. The minimum Gasteiger partial charge on any atom is -0.450 e. The van der Waals surface area contributed by atoms with E-state index >= 15 is 0 Å². The summed E-state index contributed by atoms with van der Waals surface area (Å²) in [5.74, 6) is 1.75. The number of ether oxygens (including phenoxy) is 1. The molecule has 2 N–H and O–H groups in total. The first-order valence-corrected chi connectivity index (χ1v) is 12.5. The number of aryl methyl sites for hydroxylation is 1. The van der Waals surface area contributed by atoms with E-state index < -0.39 is 0 Å². The van der Waals surface area contributed by atoms with Gasteiger partial charge in [-0.1, -0.05) is 11.6 Å². The van der Waals surface area contributed by atoms with E-state index in [-0.39, 0.29) is 17.7 Å². The summed E-state index contributed by atoms with van der Waals surface area (Å²) < 4.78 is 11.2. The third-order valence-electron chi connectivity index (χ3n) is 7.16. The van der Waals surface area contributed by atoms with Crippen molar-refractivity contribution >= 4 is 39.9 Å². The van der Waals surface area contributed by atoms with Crippen LogP contribution in [0, 0.1) is 0 Å². The average molecular weight is 519 g/mol. The first kappa shape index (κ1) is 22.3. The molecular weight excluding hydrogens is 496 g/mol. The fourth-order valence-corrected chi connectivity index (χ4v) is 5.14. The first-order chi connectivity index (χ1) is 18.0. The van der Waals surface area contributed by atoms with Gasteiger partial charge >= 0.3 is 0 Å². The lowest BCUT2D eigenvalue weighted by Crippen LogP contribution is -2.37. The van der Waals surface area contributed by atoms with Gasteiger partial charge in [0.15, 0.2) is 17.1 Å². The zero-order chi connectivity index (χ0) is 25.3. The molecule has 37 heavy (non-hydrogen) atoms. The van der Waals surface area contributed by atoms with Crippen molar-refractivity contribution in [3.63, 3.8) is 0 Å². The van der Waals surface area contributed by atoms with E-state index in [1.807, 2.05) is 12.3 Å². The minimum atomic E-state index is -0.348. The van der Waals surface area contributed by atoms with Crippen molar-refractivity contribution in [3.8, 4) is 11.5 Å². The molecular formula is C25H23ClN8O3. The van der Waals surface area contributed by atoms with Crippen LogP contribution in [0.2, 0.25) is 5.02 Å². The van der Waals surface area contributed by atoms with Crippen LogP contribution in [-0.2, 0) is 7.05 Å². The molecule has 5 heterocycles. The summed E-state index contributed by atoms with van der Waals surface area (Å²) in [6.45, 7) is 0. The van der Waals surface area contributed by atoms with Crippen molar-refractivity contribution in [2.45, 2.75) is 43.7 Å². The quantitative estimate of drug-likeness (QED) is 0.346. The van der Waals surface area contributed by atoms with Crippen LogP contribution in [0.4, 0.5) is 11.6 Å². The predicted molar refractivity (Wildman–Crippen MR) is 137 cm³/mol. The van der Waals surface area contributed by atoms with Crippen LogP contribution in [0.1, 0.15) is 43.2 Å². The number of pyridine rings is 2. The van der Waals surface area contributed by atoms with Crippen LogP contribution in [0.15, 0.2) is 48.0 Å². The smallest absolute Gasteiger partial charge is 0.274 e. The number of rotatable bonds is 6. The summed E-state index contributed by atoms with van der Waals surface area (Å²) in [4.78, 5) is 26.5. The molecule has 0 amide bonds. The van der Waals surface area contributed by atoms with Crippen molar-refractivity contribution in [2.24, 2.45) is 7.05 Å². The van der Waals surface area contributed by atoms with Crippen LogP contribution in [0.3, 0.4) is 0 Å². The number of imidazole rings is 1. The maximum Gasteiger partial charge on any atom is 0.274 e. The van der Waals surface area contributed by atoms with Crippen LogP contribution in [-0.4, -0.2) is 44.9 Å². The highest BCUT2D eigenvalue weighted by molar-refractivity contribution is 6.36. The van der Waals surface area contributed by atoms with Crippen molar-refractivity contribution in [2.75, 3.05) is 5.32 Å². The van der Waals surface area contributed by atoms with E-state index in [9.17, 15) is 9.90 Å². The lowest BCUT2D eigenvalue weighted by atomic mass is 9.89. The van der Waals surface area contributed by atoms with Gasteiger partial charge in [-0.15, -0.1) is 0 Å². The van der Waals surface area contributed by atoms with Crippen LogP contribution in [0.25, 0.3) is 16.7 Å². The number of hydrogen-bond donors (Lipinski definition) is 2. The second kappa shape index (κ2) is 8.29. The molecule has 5 aromatic heterocycles. The number of hydrogen-bond acceptors (Lipinski definition) is 8. The minimum absolute atomic E-state index is 0.00753. The zero-order valence-corrected chi connectivity index (χ0v) is 20.6. The summed E-state index contributed by atoms with van der Waals surface area (Å²) >= 11 is 6.76. The van der Waals surface area contributed by atoms with Crippen LogP contribution in [0.5, 0.6) is 11.5 Å². The number of nitrogens with zero attached hydrogens (tertiary/aromatic N) is 7. The highest BCUT2D eigenvalue weighted by Crippen LogP contribution is 2.42. The number of aromatic nitrogens is 7. The Kier molecular flexibility index (Phi) is 4.98. The molecule has 2 aliphatic carbocycles. The third-order valence-corrected chi connectivity index (χ3v) is 7.52. The second-order valence-corrected chi connectivity index (χ2v) is 10.1. The van der Waals surface area contributed by atoms with Gasteiger partial charge in [-0.25, -0.2) is 9.50 Å². The lowest BCUT2D eigenvalue weighted by molar-refractivity contribution is 0.0471. The molecule has 11 nitrogen and oxygen atoms in total. The largest absolute Gasteiger partial charge is 0.450 e. The zero-order valence-electron chi connectivity index (χ0n) is 19.9. The molecule has 0 bridgehead atoms. The van der Waals surface area contributed by atoms with Crippen molar-refractivity contribution in [3.05, 3.63) is 64.2 Å². The van der Waals surface area contributed by atoms with Gasteiger partial charge in [0.1, 0.15) is 21.7 Å². The Morgan fingerprint density at radius 2 is 2.03 bits per heavy atom. The summed E-state index contributed by atoms with van der Waals surface area (Å²) in [7, 11) is 1.81. The summed E-state index contributed by atoms with van der Waals surface area (Å²) in [6.07, 6.45) is 13.1. The Morgan fingerprint density at radius 1 is 1.19 bits per heavy atom. The molecule has 0 aliphatic heterocycles. The van der Waals surface area contributed by atoms with E-state index in [4.69, 9.17) is 16.3 Å². The molecule has 0 aromatic carbocycles. The molecule has 2 saturated carbocycles. The van der Waals surface area contributed by atoms with E-state index in [2.05, 4.69) is 25.4 Å². The monoisotopic (exact) mass is 518 g/mol. The van der Waals surface area contributed by atoms with Crippen molar-refractivity contribution < 1.29 is 9.84 Å². The average Bonchev–Trinajstić information content (AvgIpc) is 3.58. The fraction of sp³-hybridized carbons (Fsp3) is 0.320. The number of nitrogens with one attached hydrogen (secondary N) is 1. The topological polar surface area (TPSA) is 124 Å². The number of halogens is 1. The lowest BCUT2D eigenvalue weighted by Gasteiger charge is -2.33. The Morgan fingerprint density at radius 3 is 2.81 bits per heavy atom. The van der Waals surface area contributed by atoms with Gasteiger partial charge in [0.25, 0.3) is 5.56 Å². The molecule has 12 heteroatoms. The Labute approximate surface area is 215 Å². The van der Waals surface area contributed by atoms with Gasteiger partial charge in [-0.2, -0.15) is 10.1 Å². The molecule has 7 rings (SSSR count). The molecule has 2 fully saturated rings. The number of aliphatic hydroxyl groups is 1. The van der Waals surface area contributed by atoms with Gasteiger partial charge in [0.05, 0.1) is 24.7 Å². The van der Waals surface area contributed by atoms with E-state index in [0.717, 1.165) is 18.4 Å². The van der Waals surface area contributed by atoms with E-state index in [0.29, 0.717) is 63.6 Å². The van der Waals surface area contributed by atoms with Gasteiger partial charge in [0.2, 0.25) is 5.95 Å². The molecule has 2 aliphatic rings. The molecule has 188 valence electrons. The molecule has 0 atom stereocenters. The predicted octanol–water partition coefficient (Wildman–Crippen LogP) is 3.94.